The molecule has 0 aliphatic heterocycles. The zero-order valence-corrected chi connectivity index (χ0v) is 12.5. The second-order valence-electron chi connectivity index (χ2n) is 4.41. The number of aliphatic hydroxyl groups is 1. The summed E-state index contributed by atoms with van der Waals surface area (Å²) in [6, 6.07) is 7.69. The number of benzene rings is 1. The summed E-state index contributed by atoms with van der Waals surface area (Å²) in [6.07, 6.45) is 1.55. The predicted octanol–water partition coefficient (Wildman–Crippen LogP) is 1.41. The van der Waals surface area contributed by atoms with Crippen LogP contribution in [-0.2, 0) is 17.9 Å². The Balaban J connectivity index is 1.92. The standard InChI is InChI=1S/C13H15BrN4O2/c1-9(10-2-4-11(14)5-3-10)15-13(20)7-18-6-12(8-19)16-17-18/h2-6,9,19H,7-8H2,1H3,(H,15,20). The van der Waals surface area contributed by atoms with Gasteiger partial charge in [0, 0.05) is 4.47 Å². The molecule has 2 rings (SSSR count). The summed E-state index contributed by atoms with van der Waals surface area (Å²) in [6.45, 7) is 1.81. The Labute approximate surface area is 124 Å². The zero-order chi connectivity index (χ0) is 14.5. The molecule has 1 amide bonds. The minimum Gasteiger partial charge on any atom is -0.390 e. The maximum absolute atomic E-state index is 11.9. The smallest absolute Gasteiger partial charge is 0.242 e. The molecule has 1 heterocycles. The molecule has 0 saturated heterocycles. The van der Waals surface area contributed by atoms with Gasteiger partial charge in [-0.05, 0) is 24.6 Å². The molecule has 0 radical (unpaired) electrons. The van der Waals surface area contributed by atoms with Crippen LogP contribution in [0.3, 0.4) is 0 Å². The first-order valence-electron chi connectivity index (χ1n) is 6.13. The van der Waals surface area contributed by atoms with Crippen molar-refractivity contribution in [2.24, 2.45) is 0 Å². The van der Waals surface area contributed by atoms with E-state index in [9.17, 15) is 4.79 Å². The lowest BCUT2D eigenvalue weighted by atomic mass is 10.1. The molecule has 0 aliphatic carbocycles. The molecule has 1 aromatic heterocycles. The monoisotopic (exact) mass is 338 g/mol. The minimum atomic E-state index is -0.184. The Morgan fingerprint density at radius 3 is 2.75 bits per heavy atom. The summed E-state index contributed by atoms with van der Waals surface area (Å²) < 4.78 is 2.40. The van der Waals surface area contributed by atoms with Crippen molar-refractivity contribution in [1.29, 1.82) is 0 Å². The van der Waals surface area contributed by atoms with Crippen molar-refractivity contribution >= 4 is 21.8 Å². The van der Waals surface area contributed by atoms with Gasteiger partial charge in [0.25, 0.3) is 0 Å². The first-order chi connectivity index (χ1) is 9.58. The summed E-state index contributed by atoms with van der Waals surface area (Å²) in [4.78, 5) is 11.9. The SMILES string of the molecule is CC(NC(=O)Cn1cc(CO)nn1)c1ccc(Br)cc1. The third kappa shape index (κ3) is 3.88. The van der Waals surface area contributed by atoms with Crippen LogP contribution >= 0.6 is 15.9 Å². The highest BCUT2D eigenvalue weighted by molar-refractivity contribution is 9.10. The van der Waals surface area contributed by atoms with Gasteiger partial charge in [0.1, 0.15) is 12.2 Å². The highest BCUT2D eigenvalue weighted by Gasteiger charge is 2.11. The average Bonchev–Trinajstić information content (AvgIpc) is 2.86. The van der Waals surface area contributed by atoms with Crippen LogP contribution in [0.5, 0.6) is 0 Å². The molecule has 0 bridgehead atoms. The maximum Gasteiger partial charge on any atom is 0.242 e. The topological polar surface area (TPSA) is 80.0 Å². The van der Waals surface area contributed by atoms with E-state index in [0.717, 1.165) is 10.0 Å². The Hall–Kier alpha value is -1.73. The van der Waals surface area contributed by atoms with E-state index in [1.807, 2.05) is 31.2 Å². The number of nitrogens with zero attached hydrogens (tertiary/aromatic N) is 3. The molecule has 0 saturated carbocycles. The van der Waals surface area contributed by atoms with Crippen molar-refractivity contribution in [2.75, 3.05) is 0 Å². The van der Waals surface area contributed by atoms with E-state index in [0.29, 0.717) is 5.69 Å². The minimum absolute atomic E-state index is 0.0773. The molecule has 2 aromatic rings. The van der Waals surface area contributed by atoms with E-state index in [2.05, 4.69) is 31.6 Å². The number of aliphatic hydroxyl groups excluding tert-OH is 1. The number of carbonyl (C=O) groups excluding carboxylic acids is 1. The van der Waals surface area contributed by atoms with Crippen molar-refractivity contribution < 1.29 is 9.90 Å². The van der Waals surface area contributed by atoms with Crippen LogP contribution in [-0.4, -0.2) is 26.0 Å². The van der Waals surface area contributed by atoms with Crippen LogP contribution < -0.4 is 5.32 Å². The molecule has 0 fully saturated rings. The van der Waals surface area contributed by atoms with Gasteiger partial charge in [-0.3, -0.25) is 4.79 Å². The quantitative estimate of drug-likeness (QED) is 0.863. The number of halogens is 1. The summed E-state index contributed by atoms with van der Waals surface area (Å²) in [7, 11) is 0. The predicted molar refractivity (Wildman–Crippen MR) is 76.6 cm³/mol. The molecule has 0 spiro atoms. The first kappa shape index (κ1) is 14.7. The lowest BCUT2D eigenvalue weighted by molar-refractivity contribution is -0.122. The highest BCUT2D eigenvalue weighted by Crippen LogP contribution is 2.16. The Bertz CT molecular complexity index is 582. The van der Waals surface area contributed by atoms with E-state index in [-0.39, 0.29) is 25.1 Å². The first-order valence-corrected chi connectivity index (χ1v) is 6.92. The Kier molecular flexibility index (Phi) is 4.86. The van der Waals surface area contributed by atoms with E-state index >= 15 is 0 Å². The van der Waals surface area contributed by atoms with Crippen LogP contribution in [0.1, 0.15) is 24.2 Å². The van der Waals surface area contributed by atoms with Gasteiger partial charge in [0.2, 0.25) is 5.91 Å². The molecule has 1 unspecified atom stereocenters. The molecule has 1 atom stereocenters. The number of aromatic nitrogens is 3. The van der Waals surface area contributed by atoms with Gasteiger partial charge in [-0.15, -0.1) is 5.10 Å². The van der Waals surface area contributed by atoms with Gasteiger partial charge in [-0.25, -0.2) is 4.68 Å². The lowest BCUT2D eigenvalue weighted by Crippen LogP contribution is -2.30. The summed E-state index contributed by atoms with van der Waals surface area (Å²) in [5, 5.41) is 19.2. The third-order valence-corrected chi connectivity index (χ3v) is 3.33. The van der Waals surface area contributed by atoms with Gasteiger partial charge in [-0.1, -0.05) is 33.3 Å². The molecule has 106 valence electrons. The van der Waals surface area contributed by atoms with Crippen LogP contribution in [0, 0.1) is 0 Å². The molecular formula is C13H15BrN4O2. The molecule has 2 N–H and O–H groups in total. The average molecular weight is 339 g/mol. The van der Waals surface area contributed by atoms with Crippen molar-refractivity contribution in [3.63, 3.8) is 0 Å². The van der Waals surface area contributed by atoms with Gasteiger partial charge in [0.05, 0.1) is 18.8 Å². The Morgan fingerprint density at radius 2 is 2.15 bits per heavy atom. The van der Waals surface area contributed by atoms with Crippen LogP contribution in [0.15, 0.2) is 34.9 Å². The Morgan fingerprint density at radius 1 is 1.45 bits per heavy atom. The summed E-state index contributed by atoms with van der Waals surface area (Å²) in [5.41, 5.74) is 1.47. The van der Waals surface area contributed by atoms with Crippen molar-refractivity contribution in [2.45, 2.75) is 26.1 Å². The lowest BCUT2D eigenvalue weighted by Gasteiger charge is -2.14. The summed E-state index contributed by atoms with van der Waals surface area (Å²) >= 11 is 3.37. The largest absolute Gasteiger partial charge is 0.390 e. The van der Waals surface area contributed by atoms with E-state index in [1.165, 1.54) is 4.68 Å². The zero-order valence-electron chi connectivity index (χ0n) is 11.0. The number of hydrogen-bond donors (Lipinski definition) is 2. The number of carbonyl (C=O) groups is 1. The highest BCUT2D eigenvalue weighted by atomic mass is 79.9. The van der Waals surface area contributed by atoms with E-state index in [1.54, 1.807) is 6.20 Å². The van der Waals surface area contributed by atoms with Gasteiger partial charge >= 0.3 is 0 Å². The van der Waals surface area contributed by atoms with Gasteiger partial charge in [0.15, 0.2) is 0 Å². The van der Waals surface area contributed by atoms with E-state index in [4.69, 9.17) is 5.11 Å². The van der Waals surface area contributed by atoms with Crippen LogP contribution in [0.2, 0.25) is 0 Å². The summed E-state index contributed by atoms with van der Waals surface area (Å²) in [5.74, 6) is -0.158. The molecule has 7 heteroatoms. The molecular weight excluding hydrogens is 324 g/mol. The second kappa shape index (κ2) is 6.62. The van der Waals surface area contributed by atoms with Crippen molar-refractivity contribution in [3.05, 3.63) is 46.2 Å². The number of amides is 1. The third-order valence-electron chi connectivity index (χ3n) is 2.80. The fourth-order valence-electron chi connectivity index (χ4n) is 1.76. The van der Waals surface area contributed by atoms with E-state index < -0.39 is 0 Å². The van der Waals surface area contributed by atoms with Crippen LogP contribution in [0.4, 0.5) is 0 Å². The van der Waals surface area contributed by atoms with Crippen LogP contribution in [0.25, 0.3) is 0 Å². The van der Waals surface area contributed by atoms with Crippen molar-refractivity contribution in [3.8, 4) is 0 Å². The number of rotatable bonds is 5. The number of hydrogen-bond acceptors (Lipinski definition) is 4. The molecule has 1 aromatic carbocycles. The normalized spacial score (nSPS) is 12.2. The van der Waals surface area contributed by atoms with Crippen molar-refractivity contribution in [1.82, 2.24) is 20.3 Å². The molecule has 6 nitrogen and oxygen atoms in total. The fourth-order valence-corrected chi connectivity index (χ4v) is 2.02. The second-order valence-corrected chi connectivity index (χ2v) is 5.32. The van der Waals surface area contributed by atoms with Gasteiger partial charge < -0.3 is 10.4 Å². The number of nitrogens with one attached hydrogen (secondary N) is 1. The molecule has 20 heavy (non-hydrogen) atoms. The molecule has 0 aliphatic rings. The van der Waals surface area contributed by atoms with Gasteiger partial charge in [-0.2, -0.15) is 0 Å². The maximum atomic E-state index is 11.9. The fraction of sp³-hybridized carbons (Fsp3) is 0.308.